The third-order valence-corrected chi connectivity index (χ3v) is 3.00. The van der Waals surface area contributed by atoms with Gasteiger partial charge in [-0.3, -0.25) is 4.68 Å². The molecule has 90 valence electrons. The minimum Gasteiger partial charge on any atom is -0.382 e. The third-order valence-electron chi connectivity index (χ3n) is 2.71. The van der Waals surface area contributed by atoms with Gasteiger partial charge in [-0.25, -0.2) is 4.39 Å². The van der Waals surface area contributed by atoms with Crippen molar-refractivity contribution in [1.82, 2.24) is 9.78 Å². The number of aliphatic hydroxyl groups is 1. The monoisotopic (exact) mass is 254 g/mol. The van der Waals surface area contributed by atoms with Crippen molar-refractivity contribution < 1.29 is 9.50 Å². The van der Waals surface area contributed by atoms with Crippen molar-refractivity contribution in [1.29, 1.82) is 0 Å². The van der Waals surface area contributed by atoms with Gasteiger partial charge in [-0.1, -0.05) is 29.8 Å². The van der Waals surface area contributed by atoms with Crippen LogP contribution in [0.1, 0.15) is 22.9 Å². The smallest absolute Gasteiger partial charge is 0.132 e. The van der Waals surface area contributed by atoms with Crippen molar-refractivity contribution in [2.24, 2.45) is 7.05 Å². The van der Waals surface area contributed by atoms with Crippen molar-refractivity contribution in [2.45, 2.75) is 13.0 Å². The highest BCUT2D eigenvalue weighted by Crippen LogP contribution is 2.29. The summed E-state index contributed by atoms with van der Waals surface area (Å²) in [5, 5.41) is 14.4. The van der Waals surface area contributed by atoms with Crippen LogP contribution in [0.2, 0.25) is 5.02 Å². The molecule has 2 rings (SSSR count). The molecule has 0 aliphatic carbocycles. The zero-order chi connectivity index (χ0) is 12.6. The summed E-state index contributed by atoms with van der Waals surface area (Å²) >= 11 is 5.92. The van der Waals surface area contributed by atoms with Gasteiger partial charge < -0.3 is 5.11 Å². The molecule has 2 aromatic rings. The van der Waals surface area contributed by atoms with E-state index < -0.39 is 11.9 Å². The van der Waals surface area contributed by atoms with Crippen LogP contribution >= 0.6 is 11.6 Å². The minimum absolute atomic E-state index is 0.204. The molecule has 1 aromatic carbocycles. The Morgan fingerprint density at radius 2 is 2.18 bits per heavy atom. The molecule has 0 saturated heterocycles. The number of rotatable bonds is 2. The molecule has 0 radical (unpaired) electrons. The maximum Gasteiger partial charge on any atom is 0.132 e. The van der Waals surface area contributed by atoms with Gasteiger partial charge in [0.15, 0.2) is 0 Å². The average Bonchev–Trinajstić information content (AvgIpc) is 2.62. The molecule has 0 aliphatic heterocycles. The summed E-state index contributed by atoms with van der Waals surface area (Å²) in [7, 11) is 1.65. The van der Waals surface area contributed by atoms with E-state index in [4.69, 9.17) is 11.6 Å². The maximum atomic E-state index is 13.9. The Kier molecular flexibility index (Phi) is 3.17. The molecule has 1 atom stereocenters. The number of benzene rings is 1. The van der Waals surface area contributed by atoms with Gasteiger partial charge in [0.25, 0.3) is 0 Å². The molecule has 3 nitrogen and oxygen atoms in total. The van der Waals surface area contributed by atoms with Gasteiger partial charge in [-0.15, -0.1) is 0 Å². The van der Waals surface area contributed by atoms with E-state index in [-0.39, 0.29) is 5.56 Å². The number of halogens is 2. The van der Waals surface area contributed by atoms with Crippen LogP contribution in [0.4, 0.5) is 4.39 Å². The van der Waals surface area contributed by atoms with Gasteiger partial charge in [-0.05, 0) is 12.5 Å². The van der Waals surface area contributed by atoms with Gasteiger partial charge in [0, 0.05) is 12.6 Å². The zero-order valence-corrected chi connectivity index (χ0v) is 10.2. The fraction of sp³-hybridized carbons (Fsp3) is 0.250. The Bertz CT molecular complexity index is 534. The lowest BCUT2D eigenvalue weighted by molar-refractivity contribution is 0.204. The lowest BCUT2D eigenvalue weighted by atomic mass is 10.0. The second-order valence-corrected chi connectivity index (χ2v) is 4.29. The van der Waals surface area contributed by atoms with Crippen LogP contribution in [0, 0.1) is 12.7 Å². The number of hydrogen-bond acceptors (Lipinski definition) is 2. The second-order valence-electron chi connectivity index (χ2n) is 3.88. The van der Waals surface area contributed by atoms with Crippen LogP contribution in [0.3, 0.4) is 0 Å². The first-order chi connectivity index (χ1) is 8.02. The number of nitrogens with zero attached hydrogens (tertiary/aromatic N) is 2. The molecular formula is C12H12ClFN2O. The molecule has 1 N–H and O–H groups in total. The van der Waals surface area contributed by atoms with Crippen LogP contribution in [0.5, 0.6) is 0 Å². The van der Waals surface area contributed by atoms with Gasteiger partial charge in [0.1, 0.15) is 11.9 Å². The molecule has 0 bridgehead atoms. The molecule has 0 saturated carbocycles. The van der Waals surface area contributed by atoms with Crippen molar-refractivity contribution >= 4 is 11.6 Å². The normalized spacial score (nSPS) is 12.8. The summed E-state index contributed by atoms with van der Waals surface area (Å²) in [6.45, 7) is 1.65. The van der Waals surface area contributed by atoms with Crippen LogP contribution in [-0.4, -0.2) is 14.9 Å². The molecular weight excluding hydrogens is 243 g/mol. The second kappa shape index (κ2) is 4.47. The summed E-state index contributed by atoms with van der Waals surface area (Å²) in [4.78, 5) is 0. The Labute approximate surface area is 103 Å². The highest BCUT2D eigenvalue weighted by atomic mass is 35.5. The van der Waals surface area contributed by atoms with Crippen molar-refractivity contribution in [3.63, 3.8) is 0 Å². The van der Waals surface area contributed by atoms with Gasteiger partial charge >= 0.3 is 0 Å². The van der Waals surface area contributed by atoms with E-state index in [1.54, 1.807) is 26.1 Å². The first kappa shape index (κ1) is 12.1. The number of hydrogen-bond donors (Lipinski definition) is 1. The minimum atomic E-state index is -1.12. The van der Waals surface area contributed by atoms with Gasteiger partial charge in [0.2, 0.25) is 0 Å². The van der Waals surface area contributed by atoms with Crippen molar-refractivity contribution in [3.8, 4) is 0 Å². The largest absolute Gasteiger partial charge is 0.382 e. The average molecular weight is 255 g/mol. The topological polar surface area (TPSA) is 38.1 Å². The van der Waals surface area contributed by atoms with Gasteiger partial charge in [-0.2, -0.15) is 5.10 Å². The van der Waals surface area contributed by atoms with Crippen LogP contribution < -0.4 is 0 Å². The fourth-order valence-corrected chi connectivity index (χ4v) is 2.03. The SMILES string of the molecule is Cc1cccc(C(O)c2c(Cl)cnn2C)c1F. The Hall–Kier alpha value is -1.39. The molecule has 1 unspecified atom stereocenters. The fourth-order valence-electron chi connectivity index (χ4n) is 1.76. The summed E-state index contributed by atoms with van der Waals surface area (Å²) in [5.41, 5.74) is 1.08. The van der Waals surface area contributed by atoms with E-state index >= 15 is 0 Å². The van der Waals surface area contributed by atoms with E-state index in [0.29, 0.717) is 16.3 Å². The lowest BCUT2D eigenvalue weighted by Gasteiger charge is -2.14. The predicted octanol–water partition coefficient (Wildman–Crippen LogP) is 2.60. The zero-order valence-electron chi connectivity index (χ0n) is 9.48. The summed E-state index contributed by atoms with van der Waals surface area (Å²) in [5.74, 6) is -0.419. The first-order valence-corrected chi connectivity index (χ1v) is 5.50. The Morgan fingerprint density at radius 3 is 2.76 bits per heavy atom. The molecule has 1 heterocycles. The number of aromatic nitrogens is 2. The van der Waals surface area contributed by atoms with Gasteiger partial charge in [0.05, 0.1) is 16.9 Å². The number of aliphatic hydroxyl groups excluding tert-OH is 1. The highest BCUT2D eigenvalue weighted by Gasteiger charge is 2.21. The standard InChI is InChI=1S/C12H12ClFN2O/c1-7-4-3-5-8(10(7)14)12(17)11-9(13)6-15-16(11)2/h3-6,12,17H,1-2H3. The van der Waals surface area contributed by atoms with Crippen LogP contribution in [0.15, 0.2) is 24.4 Å². The van der Waals surface area contributed by atoms with Crippen molar-refractivity contribution in [3.05, 3.63) is 52.1 Å². The predicted molar refractivity (Wildman–Crippen MR) is 63.4 cm³/mol. The number of aryl methyl sites for hydroxylation is 2. The highest BCUT2D eigenvalue weighted by molar-refractivity contribution is 6.31. The molecule has 17 heavy (non-hydrogen) atoms. The molecule has 0 fully saturated rings. The molecule has 0 aliphatic rings. The summed E-state index contributed by atoms with van der Waals surface area (Å²) in [6, 6.07) is 4.88. The Morgan fingerprint density at radius 1 is 1.47 bits per heavy atom. The summed E-state index contributed by atoms with van der Waals surface area (Å²) in [6.07, 6.45) is 0.309. The van der Waals surface area contributed by atoms with E-state index in [1.807, 2.05) is 0 Å². The first-order valence-electron chi connectivity index (χ1n) is 5.13. The molecule has 5 heteroatoms. The van der Waals surface area contributed by atoms with E-state index in [1.165, 1.54) is 16.9 Å². The quantitative estimate of drug-likeness (QED) is 0.895. The van der Waals surface area contributed by atoms with Crippen molar-refractivity contribution in [2.75, 3.05) is 0 Å². The van der Waals surface area contributed by atoms with E-state index in [0.717, 1.165) is 0 Å². The Balaban J connectivity index is 2.51. The maximum absolute atomic E-state index is 13.9. The molecule has 0 spiro atoms. The van der Waals surface area contributed by atoms with Crippen LogP contribution in [0.25, 0.3) is 0 Å². The molecule has 0 amide bonds. The lowest BCUT2D eigenvalue weighted by Crippen LogP contribution is -2.09. The van der Waals surface area contributed by atoms with E-state index in [2.05, 4.69) is 5.10 Å². The molecule has 1 aromatic heterocycles. The summed E-state index contributed by atoms with van der Waals surface area (Å²) < 4.78 is 15.3. The third kappa shape index (κ3) is 2.06. The van der Waals surface area contributed by atoms with E-state index in [9.17, 15) is 9.50 Å². The van der Waals surface area contributed by atoms with Crippen LogP contribution in [-0.2, 0) is 7.05 Å².